The maximum Gasteiger partial charge on any atom is 0.319 e. The highest BCUT2D eigenvalue weighted by Crippen LogP contribution is 2.13. The van der Waals surface area contributed by atoms with E-state index in [0.29, 0.717) is 18.1 Å². The van der Waals surface area contributed by atoms with Crippen LogP contribution in [0.1, 0.15) is 11.1 Å². The van der Waals surface area contributed by atoms with Gasteiger partial charge in [0, 0.05) is 43.9 Å². The first-order valence-electron chi connectivity index (χ1n) is 8.84. The zero-order valence-corrected chi connectivity index (χ0v) is 16.0. The Bertz CT molecular complexity index is 793. The molecule has 0 bridgehead atoms. The highest BCUT2D eigenvalue weighted by atomic mass is 35.5. The summed E-state index contributed by atoms with van der Waals surface area (Å²) in [5, 5.41) is 6.30. The number of hydrogen-bond donors (Lipinski definition) is 2. The van der Waals surface area contributed by atoms with E-state index >= 15 is 0 Å². The van der Waals surface area contributed by atoms with Crippen LogP contribution in [0.5, 0.6) is 0 Å². The van der Waals surface area contributed by atoms with Crippen molar-refractivity contribution in [1.82, 2.24) is 15.1 Å². The first kappa shape index (κ1) is 19.2. The number of urea groups is 1. The number of rotatable bonds is 5. The van der Waals surface area contributed by atoms with Crippen LogP contribution < -0.4 is 10.6 Å². The lowest BCUT2D eigenvalue weighted by Crippen LogP contribution is -2.47. The molecule has 7 heteroatoms. The van der Waals surface area contributed by atoms with Crippen LogP contribution in [0, 0.1) is 0 Å². The molecule has 0 saturated carbocycles. The predicted octanol–water partition coefficient (Wildman–Crippen LogP) is 2.94. The van der Waals surface area contributed by atoms with E-state index in [-0.39, 0.29) is 11.9 Å². The molecular weight excluding hydrogens is 364 g/mol. The Morgan fingerprint density at radius 1 is 1.04 bits per heavy atom. The van der Waals surface area contributed by atoms with Crippen LogP contribution in [0.2, 0.25) is 5.02 Å². The number of anilines is 1. The average molecular weight is 387 g/mol. The molecule has 0 aliphatic carbocycles. The monoisotopic (exact) mass is 386 g/mol. The van der Waals surface area contributed by atoms with Gasteiger partial charge in [-0.1, -0.05) is 35.9 Å². The number of amides is 3. The Morgan fingerprint density at radius 3 is 2.37 bits per heavy atom. The molecule has 1 saturated heterocycles. The van der Waals surface area contributed by atoms with Gasteiger partial charge in [0.2, 0.25) is 5.91 Å². The van der Waals surface area contributed by atoms with Gasteiger partial charge < -0.3 is 15.5 Å². The van der Waals surface area contributed by atoms with Crippen LogP contribution in [-0.4, -0.2) is 48.4 Å². The molecule has 0 radical (unpaired) electrons. The van der Waals surface area contributed by atoms with Gasteiger partial charge in [-0.05, 0) is 35.4 Å². The van der Waals surface area contributed by atoms with E-state index in [1.54, 1.807) is 17.0 Å². The van der Waals surface area contributed by atoms with Crippen molar-refractivity contribution in [3.05, 3.63) is 64.7 Å². The third-order valence-corrected chi connectivity index (χ3v) is 4.77. The lowest BCUT2D eigenvalue weighted by Gasteiger charge is -2.31. The fraction of sp³-hybridized carbons (Fsp3) is 0.300. The maximum atomic E-state index is 12.0. The third-order valence-electron chi connectivity index (χ3n) is 4.52. The van der Waals surface area contributed by atoms with Gasteiger partial charge in [0.05, 0.1) is 6.54 Å². The minimum Gasteiger partial charge on any atom is -0.343 e. The summed E-state index contributed by atoms with van der Waals surface area (Å²) in [6, 6.07) is 14.8. The van der Waals surface area contributed by atoms with Crippen LogP contribution in [0.15, 0.2) is 48.5 Å². The molecule has 0 spiro atoms. The smallest absolute Gasteiger partial charge is 0.319 e. The van der Waals surface area contributed by atoms with E-state index in [0.717, 1.165) is 36.4 Å². The van der Waals surface area contributed by atoms with Crippen molar-refractivity contribution in [1.29, 1.82) is 0 Å². The lowest BCUT2D eigenvalue weighted by molar-refractivity contribution is -0.134. The molecular formula is C20H23ClN4O2. The van der Waals surface area contributed by atoms with Crippen LogP contribution in [0.3, 0.4) is 0 Å². The number of benzene rings is 2. The Kier molecular flexibility index (Phi) is 6.32. The van der Waals surface area contributed by atoms with E-state index in [9.17, 15) is 9.59 Å². The molecule has 0 atom stereocenters. The number of nitrogens with one attached hydrogen (secondary N) is 2. The number of piperazine rings is 1. The fourth-order valence-electron chi connectivity index (χ4n) is 2.85. The van der Waals surface area contributed by atoms with Crippen molar-refractivity contribution in [3.63, 3.8) is 0 Å². The van der Waals surface area contributed by atoms with Gasteiger partial charge in [-0.15, -0.1) is 0 Å². The van der Waals surface area contributed by atoms with E-state index in [4.69, 9.17) is 11.6 Å². The molecule has 3 amide bonds. The number of carbonyl (C=O) groups is 2. The summed E-state index contributed by atoms with van der Waals surface area (Å²) in [6.07, 6.45) is 0. The molecule has 2 N–H and O–H groups in total. The molecule has 1 aliphatic rings. The van der Waals surface area contributed by atoms with Gasteiger partial charge in [-0.25, -0.2) is 4.79 Å². The highest BCUT2D eigenvalue weighted by Gasteiger charge is 2.20. The fourth-order valence-corrected chi connectivity index (χ4v) is 2.98. The first-order chi connectivity index (χ1) is 13.0. The van der Waals surface area contributed by atoms with Crippen LogP contribution in [0.4, 0.5) is 10.5 Å². The molecule has 142 valence electrons. The SMILES string of the molecule is CN1CCN(Cc2ccc(NC(=O)NCc3ccc(Cl)cc3)cc2)CC1=O. The second kappa shape index (κ2) is 8.88. The van der Waals surface area contributed by atoms with Gasteiger partial charge >= 0.3 is 6.03 Å². The average Bonchev–Trinajstić information content (AvgIpc) is 2.66. The summed E-state index contributed by atoms with van der Waals surface area (Å²) >= 11 is 5.85. The molecule has 1 aliphatic heterocycles. The quantitative estimate of drug-likeness (QED) is 0.830. The van der Waals surface area contributed by atoms with Gasteiger partial charge in [0.15, 0.2) is 0 Å². The summed E-state index contributed by atoms with van der Waals surface area (Å²) in [5.74, 6) is 0.150. The van der Waals surface area contributed by atoms with Crippen molar-refractivity contribution in [3.8, 4) is 0 Å². The Labute approximate surface area is 164 Å². The van der Waals surface area contributed by atoms with Crippen molar-refractivity contribution in [2.75, 3.05) is 32.0 Å². The summed E-state index contributed by atoms with van der Waals surface area (Å²) in [4.78, 5) is 27.7. The van der Waals surface area contributed by atoms with Crippen molar-refractivity contribution >= 4 is 29.2 Å². The van der Waals surface area contributed by atoms with E-state index in [1.807, 2.05) is 43.4 Å². The molecule has 1 fully saturated rings. The van der Waals surface area contributed by atoms with Gasteiger partial charge in [0.25, 0.3) is 0 Å². The normalized spacial score (nSPS) is 14.9. The number of halogens is 1. The highest BCUT2D eigenvalue weighted by molar-refractivity contribution is 6.30. The topological polar surface area (TPSA) is 64.7 Å². The number of carbonyl (C=O) groups excluding carboxylic acids is 2. The number of likely N-dealkylation sites (N-methyl/N-ethyl adjacent to an activating group) is 1. The van der Waals surface area contributed by atoms with Crippen LogP contribution in [0.25, 0.3) is 0 Å². The van der Waals surface area contributed by atoms with Crippen LogP contribution in [-0.2, 0) is 17.9 Å². The molecule has 6 nitrogen and oxygen atoms in total. The minimum atomic E-state index is -0.262. The van der Waals surface area contributed by atoms with E-state index in [1.165, 1.54) is 0 Å². The molecule has 0 aromatic heterocycles. The Hall–Kier alpha value is -2.57. The number of nitrogens with zero attached hydrogens (tertiary/aromatic N) is 2. The summed E-state index contributed by atoms with van der Waals surface area (Å²) in [7, 11) is 1.83. The molecule has 27 heavy (non-hydrogen) atoms. The minimum absolute atomic E-state index is 0.150. The van der Waals surface area contributed by atoms with Crippen molar-refractivity contribution < 1.29 is 9.59 Å². The maximum absolute atomic E-state index is 12.0. The molecule has 1 heterocycles. The summed E-state index contributed by atoms with van der Waals surface area (Å²) < 4.78 is 0. The Morgan fingerprint density at radius 2 is 1.70 bits per heavy atom. The zero-order chi connectivity index (χ0) is 19.2. The van der Waals surface area contributed by atoms with E-state index in [2.05, 4.69) is 15.5 Å². The zero-order valence-electron chi connectivity index (χ0n) is 15.2. The second-order valence-corrected chi connectivity index (χ2v) is 7.09. The van der Waals surface area contributed by atoms with Crippen molar-refractivity contribution in [2.24, 2.45) is 0 Å². The Balaban J connectivity index is 1.46. The van der Waals surface area contributed by atoms with Gasteiger partial charge in [-0.3, -0.25) is 9.69 Å². The lowest BCUT2D eigenvalue weighted by atomic mass is 10.2. The van der Waals surface area contributed by atoms with E-state index < -0.39 is 0 Å². The molecule has 2 aromatic rings. The van der Waals surface area contributed by atoms with Gasteiger partial charge in [-0.2, -0.15) is 0 Å². The number of hydrogen-bond acceptors (Lipinski definition) is 3. The molecule has 0 unspecified atom stereocenters. The first-order valence-corrected chi connectivity index (χ1v) is 9.22. The van der Waals surface area contributed by atoms with Crippen LogP contribution >= 0.6 is 11.6 Å². The summed E-state index contributed by atoms with van der Waals surface area (Å²) in [6.45, 7) is 3.23. The molecule has 3 rings (SSSR count). The predicted molar refractivity (Wildman–Crippen MR) is 107 cm³/mol. The second-order valence-electron chi connectivity index (χ2n) is 6.66. The molecule has 2 aromatic carbocycles. The van der Waals surface area contributed by atoms with Crippen molar-refractivity contribution in [2.45, 2.75) is 13.1 Å². The summed E-state index contributed by atoms with van der Waals surface area (Å²) in [5.41, 5.74) is 2.81. The largest absolute Gasteiger partial charge is 0.343 e. The standard InChI is InChI=1S/C20H23ClN4O2/c1-24-10-11-25(14-19(24)26)13-16-4-8-18(9-5-16)23-20(27)22-12-15-2-6-17(21)7-3-15/h2-9H,10-14H2,1H3,(H2,22,23,27). The van der Waals surface area contributed by atoms with Gasteiger partial charge in [0.1, 0.15) is 0 Å². The third kappa shape index (κ3) is 5.70.